The maximum Gasteiger partial charge on any atom is 0.252 e. The van der Waals surface area contributed by atoms with Crippen molar-refractivity contribution in [1.29, 1.82) is 0 Å². The van der Waals surface area contributed by atoms with Gasteiger partial charge in [-0.2, -0.15) is 0 Å². The van der Waals surface area contributed by atoms with E-state index in [4.69, 9.17) is 16.3 Å². The molecule has 25 heavy (non-hydrogen) atoms. The minimum atomic E-state index is -0.693. The molecule has 0 bridgehead atoms. The lowest BCUT2D eigenvalue weighted by atomic mass is 9.90. The molecule has 2 saturated heterocycles. The molecule has 6 nitrogen and oxygen atoms in total. The Morgan fingerprint density at radius 3 is 2.80 bits per heavy atom. The van der Waals surface area contributed by atoms with Crippen LogP contribution in [0, 0.1) is 0 Å². The van der Waals surface area contributed by atoms with Crippen LogP contribution < -0.4 is 15.5 Å². The number of carbonyl (C=O) groups is 1. The predicted octanol–water partition coefficient (Wildman–Crippen LogP) is 2.04. The summed E-state index contributed by atoms with van der Waals surface area (Å²) >= 11 is 6.21. The summed E-state index contributed by atoms with van der Waals surface area (Å²) in [5.41, 5.74) is -0.693. The lowest BCUT2D eigenvalue weighted by Crippen LogP contribution is -2.56. The number of nitrogens with one attached hydrogen (secondary N) is 2. The van der Waals surface area contributed by atoms with Gasteiger partial charge in [0.15, 0.2) is 0 Å². The van der Waals surface area contributed by atoms with Crippen molar-refractivity contribution in [2.24, 2.45) is 0 Å². The Balaban J connectivity index is 0.00000156. The Labute approximate surface area is 165 Å². The van der Waals surface area contributed by atoms with E-state index in [1.165, 1.54) is 0 Å². The maximum absolute atomic E-state index is 12.7. The first-order valence-electron chi connectivity index (χ1n) is 8.07. The Morgan fingerprint density at radius 1 is 1.44 bits per heavy atom. The van der Waals surface area contributed by atoms with Crippen LogP contribution in [0.2, 0.25) is 5.02 Å². The number of hydrogen-bond acceptors (Lipinski definition) is 5. The highest BCUT2D eigenvalue weighted by Crippen LogP contribution is 2.27. The SMILES string of the molecule is COC1(C(=O)NC2CCN(c3ncccc3Cl)C2)CCNCC1.Cl.Cl. The number of anilines is 1. The second-order valence-corrected chi connectivity index (χ2v) is 6.57. The fraction of sp³-hybridized carbons (Fsp3) is 0.625. The second-order valence-electron chi connectivity index (χ2n) is 6.16. The summed E-state index contributed by atoms with van der Waals surface area (Å²) in [5.74, 6) is 0.787. The van der Waals surface area contributed by atoms with E-state index in [-0.39, 0.29) is 36.8 Å². The van der Waals surface area contributed by atoms with Crippen molar-refractivity contribution < 1.29 is 9.53 Å². The lowest BCUT2D eigenvalue weighted by molar-refractivity contribution is -0.147. The zero-order valence-corrected chi connectivity index (χ0v) is 16.6. The van der Waals surface area contributed by atoms with Crippen LogP contribution in [0.15, 0.2) is 18.3 Å². The molecule has 0 aliphatic carbocycles. The number of hydrogen-bond donors (Lipinski definition) is 2. The largest absolute Gasteiger partial charge is 0.368 e. The van der Waals surface area contributed by atoms with Crippen LogP contribution in [0.4, 0.5) is 5.82 Å². The van der Waals surface area contributed by atoms with E-state index in [9.17, 15) is 4.79 Å². The minimum absolute atomic E-state index is 0. The molecule has 3 rings (SSSR count). The number of rotatable bonds is 4. The molecule has 2 aliphatic rings. The van der Waals surface area contributed by atoms with Crippen LogP contribution in [0.5, 0.6) is 0 Å². The van der Waals surface area contributed by atoms with Crippen LogP contribution in [0.1, 0.15) is 19.3 Å². The predicted molar refractivity (Wildman–Crippen MR) is 104 cm³/mol. The average molecular weight is 412 g/mol. The monoisotopic (exact) mass is 410 g/mol. The van der Waals surface area contributed by atoms with E-state index >= 15 is 0 Å². The zero-order chi connectivity index (χ0) is 16.3. The van der Waals surface area contributed by atoms with Gasteiger partial charge < -0.3 is 20.3 Å². The molecular formula is C16H25Cl3N4O2. The molecule has 2 fully saturated rings. The third kappa shape index (κ3) is 4.89. The summed E-state index contributed by atoms with van der Waals surface area (Å²) in [6.07, 6.45) is 4.04. The van der Waals surface area contributed by atoms with Gasteiger partial charge in [-0.3, -0.25) is 4.79 Å². The van der Waals surface area contributed by atoms with Gasteiger partial charge in [0.2, 0.25) is 0 Å². The fourth-order valence-corrected chi connectivity index (χ4v) is 3.59. The molecule has 1 atom stereocenters. The third-order valence-electron chi connectivity index (χ3n) is 4.78. The van der Waals surface area contributed by atoms with Gasteiger partial charge in [0, 0.05) is 32.4 Å². The van der Waals surface area contributed by atoms with Gasteiger partial charge in [0.25, 0.3) is 5.91 Å². The molecule has 0 saturated carbocycles. The van der Waals surface area contributed by atoms with E-state index in [0.717, 1.165) is 38.4 Å². The first-order chi connectivity index (χ1) is 11.1. The number of carbonyl (C=O) groups excluding carboxylic acids is 1. The summed E-state index contributed by atoms with van der Waals surface area (Å²) in [7, 11) is 1.62. The molecule has 0 aromatic carbocycles. The van der Waals surface area contributed by atoms with Gasteiger partial charge in [-0.25, -0.2) is 4.98 Å². The Kier molecular flexibility index (Phi) is 8.71. The average Bonchev–Trinajstić information content (AvgIpc) is 3.04. The normalized spacial score (nSPS) is 21.8. The molecule has 9 heteroatoms. The van der Waals surface area contributed by atoms with Crippen LogP contribution in [0.3, 0.4) is 0 Å². The second kappa shape index (κ2) is 9.78. The molecule has 2 aliphatic heterocycles. The summed E-state index contributed by atoms with van der Waals surface area (Å²) < 4.78 is 5.58. The first-order valence-corrected chi connectivity index (χ1v) is 8.45. The van der Waals surface area contributed by atoms with Crippen molar-refractivity contribution in [2.45, 2.75) is 30.9 Å². The first kappa shape index (κ1) is 22.3. The van der Waals surface area contributed by atoms with E-state index in [2.05, 4.69) is 20.5 Å². The quantitative estimate of drug-likeness (QED) is 0.794. The summed E-state index contributed by atoms with van der Waals surface area (Å²) in [6, 6.07) is 3.76. The van der Waals surface area contributed by atoms with Crippen molar-refractivity contribution in [3.8, 4) is 0 Å². The zero-order valence-electron chi connectivity index (χ0n) is 14.2. The molecule has 1 aromatic heterocycles. The maximum atomic E-state index is 12.7. The van der Waals surface area contributed by atoms with Gasteiger partial charge >= 0.3 is 0 Å². The van der Waals surface area contributed by atoms with Crippen molar-refractivity contribution in [1.82, 2.24) is 15.6 Å². The number of amides is 1. The molecule has 3 heterocycles. The van der Waals surface area contributed by atoms with Crippen LogP contribution in [-0.4, -0.2) is 55.8 Å². The molecular weight excluding hydrogens is 387 g/mol. The molecule has 1 aromatic rings. The van der Waals surface area contributed by atoms with Gasteiger partial charge in [-0.05, 0) is 44.5 Å². The lowest BCUT2D eigenvalue weighted by Gasteiger charge is -2.35. The molecule has 1 amide bonds. The number of ether oxygens (including phenoxy) is 1. The molecule has 1 unspecified atom stereocenters. The van der Waals surface area contributed by atoms with Crippen molar-refractivity contribution in [3.05, 3.63) is 23.4 Å². The highest BCUT2D eigenvalue weighted by atomic mass is 35.5. The van der Waals surface area contributed by atoms with E-state index in [0.29, 0.717) is 17.9 Å². The Hall–Kier alpha value is -0.790. The highest BCUT2D eigenvalue weighted by molar-refractivity contribution is 6.32. The molecule has 0 radical (unpaired) electrons. The molecule has 142 valence electrons. The van der Waals surface area contributed by atoms with Gasteiger partial charge in [0.05, 0.1) is 5.02 Å². The topological polar surface area (TPSA) is 66.5 Å². The van der Waals surface area contributed by atoms with E-state index in [1.807, 2.05) is 12.1 Å². The smallest absolute Gasteiger partial charge is 0.252 e. The van der Waals surface area contributed by atoms with Crippen LogP contribution in [0.25, 0.3) is 0 Å². The Bertz CT molecular complexity index is 570. The highest BCUT2D eigenvalue weighted by Gasteiger charge is 2.41. The van der Waals surface area contributed by atoms with Gasteiger partial charge in [-0.15, -0.1) is 24.8 Å². The van der Waals surface area contributed by atoms with Crippen molar-refractivity contribution in [2.75, 3.05) is 38.2 Å². The van der Waals surface area contributed by atoms with Crippen molar-refractivity contribution in [3.63, 3.8) is 0 Å². The van der Waals surface area contributed by atoms with Crippen LogP contribution >= 0.6 is 36.4 Å². The van der Waals surface area contributed by atoms with Crippen molar-refractivity contribution >= 4 is 48.1 Å². The molecule has 0 spiro atoms. The summed E-state index contributed by atoms with van der Waals surface area (Å²) in [4.78, 5) is 19.2. The van der Waals surface area contributed by atoms with Gasteiger partial charge in [0.1, 0.15) is 11.4 Å². The minimum Gasteiger partial charge on any atom is -0.368 e. The number of pyridine rings is 1. The summed E-state index contributed by atoms with van der Waals surface area (Å²) in [5, 5.41) is 7.07. The van der Waals surface area contributed by atoms with Gasteiger partial charge in [-0.1, -0.05) is 11.6 Å². The number of methoxy groups -OCH3 is 1. The summed E-state index contributed by atoms with van der Waals surface area (Å²) in [6.45, 7) is 3.17. The van der Waals surface area contributed by atoms with E-state index in [1.54, 1.807) is 13.3 Å². The standard InChI is InChI=1S/C16H23ClN4O2.2ClH/c1-23-16(5-8-18-9-6-16)15(22)20-12-4-10-21(11-12)14-13(17)3-2-7-19-14;;/h2-3,7,12,18H,4-6,8-11H2,1H3,(H,20,22);2*1H. The number of piperidine rings is 1. The van der Waals surface area contributed by atoms with Crippen LogP contribution in [-0.2, 0) is 9.53 Å². The number of aromatic nitrogens is 1. The third-order valence-corrected chi connectivity index (χ3v) is 5.07. The Morgan fingerprint density at radius 2 is 2.16 bits per heavy atom. The van der Waals surface area contributed by atoms with E-state index < -0.39 is 5.60 Å². The fourth-order valence-electron chi connectivity index (χ4n) is 3.35. The molecule has 2 N–H and O–H groups in total. The number of halogens is 3. The number of nitrogens with zero attached hydrogens (tertiary/aromatic N) is 2.